The molecular formula is C23H23F3N4O2. The molecule has 2 aromatic heterocycles. The summed E-state index contributed by atoms with van der Waals surface area (Å²) in [5.74, 6) is 0.200. The number of nitrogens with zero attached hydrogens (tertiary/aromatic N) is 3. The van der Waals surface area contributed by atoms with Gasteiger partial charge in [-0.05, 0) is 49.2 Å². The maximum Gasteiger partial charge on any atom is 0.417 e. The van der Waals surface area contributed by atoms with Crippen LogP contribution in [-0.2, 0) is 24.1 Å². The van der Waals surface area contributed by atoms with Gasteiger partial charge in [-0.2, -0.15) is 13.2 Å². The first-order valence-electron chi connectivity index (χ1n) is 10.3. The number of hydrogen-bond acceptors (Lipinski definition) is 5. The first-order chi connectivity index (χ1) is 15.2. The van der Waals surface area contributed by atoms with Gasteiger partial charge in [0.1, 0.15) is 5.82 Å². The summed E-state index contributed by atoms with van der Waals surface area (Å²) in [5, 5.41) is 0.814. The number of ether oxygens (including phenoxy) is 1. The fourth-order valence-electron chi connectivity index (χ4n) is 3.96. The van der Waals surface area contributed by atoms with E-state index in [1.54, 1.807) is 30.0 Å². The van der Waals surface area contributed by atoms with E-state index in [4.69, 9.17) is 10.5 Å². The quantitative estimate of drug-likeness (QED) is 0.607. The Morgan fingerprint density at radius 3 is 2.62 bits per heavy atom. The highest BCUT2D eigenvalue weighted by atomic mass is 19.4. The fraction of sp³-hybridized carbons (Fsp3) is 0.348. The van der Waals surface area contributed by atoms with Crippen molar-refractivity contribution in [2.45, 2.75) is 45.7 Å². The van der Waals surface area contributed by atoms with Crippen LogP contribution in [-0.4, -0.2) is 27.3 Å². The molecule has 32 heavy (non-hydrogen) atoms. The van der Waals surface area contributed by atoms with Gasteiger partial charge in [-0.1, -0.05) is 6.92 Å². The third-order valence-corrected chi connectivity index (χ3v) is 5.71. The van der Waals surface area contributed by atoms with Crippen molar-refractivity contribution < 1.29 is 22.7 Å². The Kier molecular flexibility index (Phi) is 5.77. The first kappa shape index (κ1) is 22.0. The third-order valence-electron chi connectivity index (χ3n) is 5.71. The van der Waals surface area contributed by atoms with E-state index in [2.05, 4.69) is 9.97 Å². The van der Waals surface area contributed by atoms with Gasteiger partial charge in [0.15, 0.2) is 0 Å². The van der Waals surface area contributed by atoms with Gasteiger partial charge < -0.3 is 15.4 Å². The molecule has 0 saturated carbocycles. The molecule has 1 aliphatic rings. The van der Waals surface area contributed by atoms with Gasteiger partial charge in [-0.25, -0.2) is 4.98 Å². The average Bonchev–Trinajstić information content (AvgIpc) is 3.27. The number of carbonyl (C=O) groups excluding carboxylic acids is 1. The summed E-state index contributed by atoms with van der Waals surface area (Å²) >= 11 is 0. The molecule has 0 bridgehead atoms. The lowest BCUT2D eigenvalue weighted by atomic mass is 10.0. The van der Waals surface area contributed by atoms with Crippen LogP contribution >= 0.6 is 0 Å². The van der Waals surface area contributed by atoms with Gasteiger partial charge in [0.25, 0.3) is 5.91 Å². The van der Waals surface area contributed by atoms with Gasteiger partial charge in [0, 0.05) is 29.3 Å². The zero-order chi connectivity index (χ0) is 23.0. The van der Waals surface area contributed by atoms with Gasteiger partial charge in [-0.15, -0.1) is 0 Å². The van der Waals surface area contributed by atoms with Crippen LogP contribution in [0.5, 0.6) is 0 Å². The van der Waals surface area contributed by atoms with Crippen molar-refractivity contribution in [3.05, 3.63) is 64.5 Å². The highest BCUT2D eigenvalue weighted by molar-refractivity contribution is 5.99. The second-order valence-electron chi connectivity index (χ2n) is 7.82. The zero-order valence-corrected chi connectivity index (χ0v) is 17.7. The summed E-state index contributed by atoms with van der Waals surface area (Å²) < 4.78 is 44.1. The van der Waals surface area contributed by atoms with Crippen molar-refractivity contribution in [2.24, 2.45) is 0 Å². The van der Waals surface area contributed by atoms with Crippen molar-refractivity contribution in [3.8, 4) is 0 Å². The second kappa shape index (κ2) is 8.38. The number of carbonyl (C=O) groups is 1. The van der Waals surface area contributed by atoms with E-state index in [1.165, 1.54) is 6.07 Å². The lowest BCUT2D eigenvalue weighted by Gasteiger charge is -2.29. The number of anilines is 1. The van der Waals surface area contributed by atoms with E-state index in [0.717, 1.165) is 28.8 Å². The Balaban J connectivity index is 1.67. The molecule has 2 N–H and O–H groups in total. The predicted octanol–water partition coefficient (Wildman–Crippen LogP) is 4.87. The lowest BCUT2D eigenvalue weighted by Crippen LogP contribution is -2.34. The summed E-state index contributed by atoms with van der Waals surface area (Å²) in [6, 6.07) is 7.04. The Morgan fingerprint density at radius 1 is 1.22 bits per heavy atom. The van der Waals surface area contributed by atoms with Crippen molar-refractivity contribution in [2.75, 3.05) is 12.3 Å². The maximum absolute atomic E-state index is 13.4. The minimum Gasteiger partial charge on any atom is -0.383 e. The van der Waals surface area contributed by atoms with Crippen LogP contribution < -0.4 is 5.73 Å². The summed E-state index contributed by atoms with van der Waals surface area (Å²) in [6.07, 6.45) is -2.97. The largest absolute Gasteiger partial charge is 0.417 e. The van der Waals surface area contributed by atoms with Crippen LogP contribution in [0.1, 0.15) is 59.1 Å². The zero-order valence-electron chi connectivity index (χ0n) is 17.7. The fourth-order valence-corrected chi connectivity index (χ4v) is 3.96. The number of hydrogen-bond donors (Lipinski definition) is 1. The van der Waals surface area contributed by atoms with Gasteiger partial charge in [0.05, 0.1) is 36.0 Å². The van der Waals surface area contributed by atoms with E-state index >= 15 is 0 Å². The standard InChI is InChI=1S/C23H23F3N4O2/c1-3-8-30(13(2)19-7-5-15(10-28-19)23(24,25)26)22(31)14-4-6-20-16(9-14)17-11-32-12-18(17)21(27)29-20/h4-7,9-10,13H,3,8,11-12H2,1-2H3,(H2,27,29)/t13-/m0/s1. The third kappa shape index (κ3) is 4.00. The van der Waals surface area contributed by atoms with Crippen LogP contribution in [0, 0.1) is 0 Å². The Hall–Kier alpha value is -3.20. The molecule has 0 fully saturated rings. The van der Waals surface area contributed by atoms with Crippen LogP contribution in [0.15, 0.2) is 36.5 Å². The molecule has 4 rings (SSSR count). The lowest BCUT2D eigenvalue weighted by molar-refractivity contribution is -0.137. The highest BCUT2D eigenvalue weighted by Crippen LogP contribution is 2.33. The number of nitrogens with two attached hydrogens (primary N) is 1. The molecule has 1 amide bonds. The number of rotatable bonds is 5. The number of amides is 1. The molecule has 6 nitrogen and oxygen atoms in total. The van der Waals surface area contributed by atoms with Gasteiger partial charge >= 0.3 is 6.18 Å². The maximum atomic E-state index is 13.4. The van der Waals surface area contributed by atoms with Crippen LogP contribution in [0.2, 0.25) is 0 Å². The van der Waals surface area contributed by atoms with Crippen LogP contribution in [0.25, 0.3) is 10.9 Å². The number of aromatic nitrogens is 2. The van der Waals surface area contributed by atoms with E-state index in [-0.39, 0.29) is 5.91 Å². The van der Waals surface area contributed by atoms with Gasteiger partial charge in [0.2, 0.25) is 0 Å². The van der Waals surface area contributed by atoms with Crippen LogP contribution in [0.4, 0.5) is 19.0 Å². The second-order valence-corrected chi connectivity index (χ2v) is 7.82. The van der Waals surface area contributed by atoms with Crippen molar-refractivity contribution in [1.29, 1.82) is 0 Å². The number of halogens is 3. The highest BCUT2D eigenvalue weighted by Gasteiger charge is 2.31. The number of fused-ring (bicyclic) bond motifs is 3. The SMILES string of the molecule is CCCN(C(=O)c1ccc2nc(N)c3c(c2c1)COC3)[C@@H](C)c1ccc(C(F)(F)F)cn1. The van der Waals surface area contributed by atoms with Gasteiger partial charge in [-0.3, -0.25) is 9.78 Å². The van der Waals surface area contributed by atoms with E-state index in [0.29, 0.717) is 48.8 Å². The average molecular weight is 444 g/mol. The summed E-state index contributed by atoms with van der Waals surface area (Å²) in [4.78, 5) is 23.4. The topological polar surface area (TPSA) is 81.3 Å². The summed E-state index contributed by atoms with van der Waals surface area (Å²) in [5.41, 5.74) is 8.52. The number of nitrogen functional groups attached to an aromatic ring is 1. The van der Waals surface area contributed by atoms with E-state index in [1.807, 2.05) is 6.92 Å². The van der Waals surface area contributed by atoms with Crippen LogP contribution in [0.3, 0.4) is 0 Å². The molecule has 1 aliphatic heterocycles. The summed E-state index contributed by atoms with van der Waals surface area (Å²) in [7, 11) is 0. The Labute approximate surface area is 183 Å². The predicted molar refractivity (Wildman–Crippen MR) is 114 cm³/mol. The molecule has 0 aliphatic carbocycles. The molecule has 3 aromatic rings. The molecule has 0 saturated heterocycles. The molecule has 1 aromatic carbocycles. The van der Waals surface area contributed by atoms with E-state index < -0.39 is 17.8 Å². The number of pyridine rings is 2. The Bertz CT molecular complexity index is 1160. The smallest absolute Gasteiger partial charge is 0.383 e. The molecule has 1 atom stereocenters. The summed E-state index contributed by atoms with van der Waals surface area (Å²) in [6.45, 7) is 4.92. The molecule has 9 heteroatoms. The minimum atomic E-state index is -4.46. The molecule has 3 heterocycles. The molecule has 0 radical (unpaired) electrons. The molecule has 168 valence electrons. The Morgan fingerprint density at radius 2 is 1.97 bits per heavy atom. The molecule has 0 spiro atoms. The van der Waals surface area contributed by atoms with E-state index in [9.17, 15) is 18.0 Å². The monoisotopic (exact) mass is 444 g/mol. The van der Waals surface area contributed by atoms with Crippen molar-refractivity contribution >= 4 is 22.6 Å². The minimum absolute atomic E-state index is 0.229. The molecule has 0 unspecified atom stereocenters. The first-order valence-corrected chi connectivity index (χ1v) is 10.3. The number of alkyl halides is 3. The van der Waals surface area contributed by atoms with Crippen molar-refractivity contribution in [3.63, 3.8) is 0 Å². The molecular weight excluding hydrogens is 421 g/mol. The number of benzene rings is 1. The van der Waals surface area contributed by atoms with Crippen molar-refractivity contribution in [1.82, 2.24) is 14.9 Å². The normalized spacial score (nSPS) is 14.4.